The van der Waals surface area contributed by atoms with Crippen molar-refractivity contribution in [2.45, 2.75) is 18.8 Å². The van der Waals surface area contributed by atoms with Crippen LogP contribution in [0.15, 0.2) is 54.6 Å². The molecule has 1 aliphatic heterocycles. The van der Waals surface area contributed by atoms with E-state index in [9.17, 15) is 0 Å². The molecule has 3 nitrogen and oxygen atoms in total. The van der Waals surface area contributed by atoms with Gasteiger partial charge in [0.2, 0.25) is 0 Å². The first kappa shape index (κ1) is 13.7. The lowest BCUT2D eigenvalue weighted by Gasteiger charge is -2.34. The van der Waals surface area contributed by atoms with E-state index in [-0.39, 0.29) is 11.8 Å². The number of nitrogens with one attached hydrogen (secondary N) is 1. The van der Waals surface area contributed by atoms with Gasteiger partial charge in [0.1, 0.15) is 0 Å². The molecule has 0 aliphatic carbocycles. The number of rotatable bonds is 4. The monoisotopic (exact) mass is 279 g/mol. The Morgan fingerprint density at radius 1 is 1.10 bits per heavy atom. The Kier molecular flexibility index (Phi) is 3.91. The van der Waals surface area contributed by atoms with Gasteiger partial charge in [0, 0.05) is 18.8 Å². The van der Waals surface area contributed by atoms with Gasteiger partial charge in [0.05, 0.1) is 11.8 Å². The topological polar surface area (TPSA) is 53.1 Å². The average molecular weight is 279 g/mol. The van der Waals surface area contributed by atoms with E-state index in [4.69, 9.17) is 11.1 Å². The van der Waals surface area contributed by atoms with E-state index in [0.717, 1.165) is 31.5 Å². The van der Waals surface area contributed by atoms with E-state index in [2.05, 4.69) is 41.3 Å². The summed E-state index contributed by atoms with van der Waals surface area (Å²) < 4.78 is 0. The van der Waals surface area contributed by atoms with Crippen LogP contribution in [0.25, 0.3) is 0 Å². The van der Waals surface area contributed by atoms with Crippen LogP contribution >= 0.6 is 0 Å². The summed E-state index contributed by atoms with van der Waals surface area (Å²) in [7, 11) is 0. The van der Waals surface area contributed by atoms with E-state index in [1.165, 1.54) is 11.3 Å². The Morgan fingerprint density at radius 3 is 2.57 bits per heavy atom. The molecule has 0 aromatic heterocycles. The highest BCUT2D eigenvalue weighted by Gasteiger charge is 2.22. The Bertz CT molecular complexity index is 621. The summed E-state index contributed by atoms with van der Waals surface area (Å²) in [6.45, 7) is 1.81. The predicted molar refractivity (Wildman–Crippen MR) is 88.1 cm³/mol. The Morgan fingerprint density at radius 2 is 1.81 bits per heavy atom. The molecule has 21 heavy (non-hydrogen) atoms. The molecule has 108 valence electrons. The second-order valence-electron chi connectivity index (χ2n) is 5.60. The van der Waals surface area contributed by atoms with Crippen molar-refractivity contribution in [2.24, 2.45) is 5.73 Å². The molecule has 0 amide bonds. The van der Waals surface area contributed by atoms with Crippen LogP contribution in [0.3, 0.4) is 0 Å². The van der Waals surface area contributed by atoms with Gasteiger partial charge in [-0.2, -0.15) is 0 Å². The number of nitrogens with zero attached hydrogens (tertiary/aromatic N) is 1. The summed E-state index contributed by atoms with van der Waals surface area (Å²) in [4.78, 5) is 2.37. The lowest BCUT2D eigenvalue weighted by Crippen LogP contribution is -2.37. The molecule has 1 aliphatic rings. The SMILES string of the molecule is N=C(N)C(CN1CCCc2ccccc21)c1ccccc1. The number of hydrogen-bond donors (Lipinski definition) is 2. The van der Waals surface area contributed by atoms with Gasteiger partial charge in [0.25, 0.3) is 0 Å². The molecular weight excluding hydrogens is 258 g/mol. The molecule has 3 rings (SSSR count). The van der Waals surface area contributed by atoms with Crippen LogP contribution in [0.4, 0.5) is 5.69 Å². The molecule has 0 radical (unpaired) electrons. The molecule has 2 aromatic rings. The third kappa shape index (κ3) is 2.92. The highest BCUT2D eigenvalue weighted by molar-refractivity contribution is 5.85. The van der Waals surface area contributed by atoms with E-state index in [0.29, 0.717) is 0 Å². The van der Waals surface area contributed by atoms with Gasteiger partial charge in [-0.15, -0.1) is 0 Å². The summed E-state index contributed by atoms with van der Waals surface area (Å²) in [5, 5.41) is 7.94. The fourth-order valence-electron chi connectivity index (χ4n) is 3.09. The number of benzene rings is 2. The number of amidine groups is 1. The van der Waals surface area contributed by atoms with E-state index < -0.39 is 0 Å². The fraction of sp³-hybridized carbons (Fsp3) is 0.278. The van der Waals surface area contributed by atoms with Crippen molar-refractivity contribution in [2.75, 3.05) is 18.0 Å². The molecule has 0 spiro atoms. The van der Waals surface area contributed by atoms with Crippen molar-refractivity contribution >= 4 is 11.5 Å². The standard InChI is InChI=1S/C18H21N3/c19-18(20)16(14-7-2-1-3-8-14)13-21-12-6-10-15-9-4-5-11-17(15)21/h1-5,7-9,11,16H,6,10,12-13H2,(H3,19,20). The molecule has 0 saturated carbocycles. The molecular formula is C18H21N3. The van der Waals surface area contributed by atoms with Gasteiger partial charge in [0.15, 0.2) is 0 Å². The molecule has 1 unspecified atom stereocenters. The van der Waals surface area contributed by atoms with Crippen LogP contribution in [0, 0.1) is 5.41 Å². The molecule has 0 fully saturated rings. The molecule has 0 saturated heterocycles. The first-order chi connectivity index (χ1) is 10.3. The van der Waals surface area contributed by atoms with Gasteiger partial charge >= 0.3 is 0 Å². The first-order valence-corrected chi connectivity index (χ1v) is 7.47. The summed E-state index contributed by atoms with van der Waals surface area (Å²) in [6, 6.07) is 18.7. The highest BCUT2D eigenvalue weighted by atomic mass is 15.1. The van der Waals surface area contributed by atoms with Gasteiger partial charge in [-0.1, -0.05) is 48.5 Å². The maximum Gasteiger partial charge on any atom is 0.1000 e. The third-order valence-electron chi connectivity index (χ3n) is 4.19. The van der Waals surface area contributed by atoms with E-state index in [1.54, 1.807) is 0 Å². The molecule has 3 heteroatoms. The van der Waals surface area contributed by atoms with Gasteiger partial charge in [-0.3, -0.25) is 5.41 Å². The van der Waals surface area contributed by atoms with Crippen LogP contribution in [-0.4, -0.2) is 18.9 Å². The van der Waals surface area contributed by atoms with Crippen LogP contribution in [0.2, 0.25) is 0 Å². The maximum absolute atomic E-state index is 7.94. The third-order valence-corrected chi connectivity index (χ3v) is 4.19. The number of aryl methyl sites for hydroxylation is 1. The van der Waals surface area contributed by atoms with Crippen LogP contribution < -0.4 is 10.6 Å². The van der Waals surface area contributed by atoms with Crippen molar-refractivity contribution in [3.8, 4) is 0 Å². The van der Waals surface area contributed by atoms with Crippen LogP contribution in [0.5, 0.6) is 0 Å². The minimum Gasteiger partial charge on any atom is -0.387 e. The predicted octanol–water partition coefficient (Wildman–Crippen LogP) is 3.16. The van der Waals surface area contributed by atoms with Crippen molar-refractivity contribution in [1.29, 1.82) is 5.41 Å². The van der Waals surface area contributed by atoms with Gasteiger partial charge < -0.3 is 10.6 Å². The normalized spacial score (nSPS) is 15.3. The number of fused-ring (bicyclic) bond motifs is 1. The summed E-state index contributed by atoms with van der Waals surface area (Å²) in [6.07, 6.45) is 2.30. The van der Waals surface area contributed by atoms with Crippen LogP contribution in [0.1, 0.15) is 23.5 Å². The number of hydrogen-bond acceptors (Lipinski definition) is 2. The summed E-state index contributed by atoms with van der Waals surface area (Å²) >= 11 is 0. The maximum atomic E-state index is 7.94. The van der Waals surface area contributed by atoms with Crippen molar-refractivity contribution in [3.05, 3.63) is 65.7 Å². The minimum absolute atomic E-state index is 0.0441. The molecule has 1 atom stereocenters. The second-order valence-corrected chi connectivity index (χ2v) is 5.60. The van der Waals surface area contributed by atoms with Gasteiger partial charge in [-0.05, 0) is 30.0 Å². The first-order valence-electron chi connectivity index (χ1n) is 7.47. The molecule has 3 N–H and O–H groups in total. The fourth-order valence-corrected chi connectivity index (χ4v) is 3.09. The lowest BCUT2D eigenvalue weighted by atomic mass is 9.95. The number of para-hydroxylation sites is 1. The number of anilines is 1. The summed E-state index contributed by atoms with van der Waals surface area (Å²) in [5.74, 6) is 0.196. The molecule has 1 heterocycles. The van der Waals surface area contributed by atoms with Crippen molar-refractivity contribution in [3.63, 3.8) is 0 Å². The lowest BCUT2D eigenvalue weighted by molar-refractivity contribution is 0.670. The Balaban J connectivity index is 1.86. The average Bonchev–Trinajstić information content (AvgIpc) is 2.53. The van der Waals surface area contributed by atoms with E-state index in [1.807, 2.05) is 18.2 Å². The second kappa shape index (κ2) is 6.00. The van der Waals surface area contributed by atoms with Crippen molar-refractivity contribution in [1.82, 2.24) is 0 Å². The highest BCUT2D eigenvalue weighted by Crippen LogP contribution is 2.29. The van der Waals surface area contributed by atoms with E-state index >= 15 is 0 Å². The largest absolute Gasteiger partial charge is 0.387 e. The van der Waals surface area contributed by atoms with Crippen LogP contribution in [-0.2, 0) is 6.42 Å². The molecule has 0 bridgehead atoms. The quantitative estimate of drug-likeness (QED) is 0.667. The Labute approximate surface area is 125 Å². The number of nitrogens with two attached hydrogens (primary N) is 1. The smallest absolute Gasteiger partial charge is 0.1000 e. The Hall–Kier alpha value is -2.29. The zero-order chi connectivity index (χ0) is 14.7. The summed E-state index contributed by atoms with van der Waals surface area (Å²) in [5.41, 5.74) is 9.68. The zero-order valence-electron chi connectivity index (χ0n) is 12.1. The van der Waals surface area contributed by atoms with Crippen molar-refractivity contribution < 1.29 is 0 Å². The van der Waals surface area contributed by atoms with Gasteiger partial charge in [-0.25, -0.2) is 0 Å². The molecule has 2 aromatic carbocycles. The zero-order valence-corrected chi connectivity index (χ0v) is 12.1. The minimum atomic E-state index is -0.0441.